The topological polar surface area (TPSA) is 37.3 Å². The van der Waals surface area contributed by atoms with Gasteiger partial charge in [-0.05, 0) is 33.8 Å². The summed E-state index contributed by atoms with van der Waals surface area (Å²) in [6.45, 7) is 13.6. The van der Waals surface area contributed by atoms with Crippen molar-refractivity contribution in [2.45, 2.75) is 58.2 Å². The predicted molar refractivity (Wildman–Crippen MR) is 117 cm³/mol. The van der Waals surface area contributed by atoms with Gasteiger partial charge in [-0.3, -0.25) is 0 Å². The lowest BCUT2D eigenvalue weighted by molar-refractivity contribution is 0.0697. The van der Waals surface area contributed by atoms with Crippen LogP contribution in [0.5, 0.6) is 0 Å². The second-order valence-corrected chi connectivity index (χ2v) is 13.6. The smallest absolute Gasteiger partial charge is 0.337 e. The molecule has 27 heavy (non-hydrogen) atoms. The summed E-state index contributed by atoms with van der Waals surface area (Å²) in [5.74, 6) is 2.39. The molecule has 2 aromatic carbocycles. The number of benzene rings is 2. The summed E-state index contributed by atoms with van der Waals surface area (Å²) >= 11 is 0. The van der Waals surface area contributed by atoms with Gasteiger partial charge in [0.05, 0.1) is 5.56 Å². The Labute approximate surface area is 164 Å². The van der Waals surface area contributed by atoms with E-state index in [2.05, 4.69) is 53.0 Å². The molecule has 0 fully saturated rings. The molecule has 0 unspecified atom stereocenters. The first-order valence-corrected chi connectivity index (χ1v) is 11.9. The largest absolute Gasteiger partial charge is 0.478 e. The summed E-state index contributed by atoms with van der Waals surface area (Å²) in [6.07, 6.45) is 0. The number of carboxylic acid groups (broad SMARTS) is 1. The van der Waals surface area contributed by atoms with E-state index in [1.807, 2.05) is 48.5 Å². The molecule has 0 amide bonds. The minimum Gasteiger partial charge on any atom is -0.478 e. The summed E-state index contributed by atoms with van der Waals surface area (Å²) in [5.41, 5.74) is 7.72. The van der Waals surface area contributed by atoms with Crippen molar-refractivity contribution >= 4 is 14.0 Å². The number of hydrogen-bond acceptors (Lipinski definition) is 1. The molecule has 0 aliphatic heterocycles. The van der Waals surface area contributed by atoms with Crippen molar-refractivity contribution in [1.29, 1.82) is 0 Å². The lowest BCUT2D eigenvalue weighted by Crippen LogP contribution is -2.43. The zero-order chi connectivity index (χ0) is 20.2. The van der Waals surface area contributed by atoms with Crippen molar-refractivity contribution in [3.05, 3.63) is 59.7 Å². The van der Waals surface area contributed by atoms with Gasteiger partial charge in [0.2, 0.25) is 0 Å². The van der Waals surface area contributed by atoms with E-state index in [4.69, 9.17) is 0 Å². The lowest BCUT2D eigenvalue weighted by atomic mass is 9.96. The Hall–Kier alpha value is -2.31. The van der Waals surface area contributed by atoms with Crippen molar-refractivity contribution in [2.24, 2.45) is 0 Å². The predicted octanol–water partition coefficient (Wildman–Crippen LogP) is 6.62. The quantitative estimate of drug-likeness (QED) is 0.469. The highest BCUT2D eigenvalue weighted by Crippen LogP contribution is 2.41. The fourth-order valence-corrected chi connectivity index (χ4v) is 9.57. The lowest BCUT2D eigenvalue weighted by Gasteiger charge is -2.38. The highest BCUT2D eigenvalue weighted by molar-refractivity contribution is 6.90. The van der Waals surface area contributed by atoms with Gasteiger partial charge in [-0.1, -0.05) is 89.9 Å². The Morgan fingerprint density at radius 2 is 1.41 bits per heavy atom. The summed E-state index contributed by atoms with van der Waals surface area (Å²) in [5, 5.41) is 9.91. The molecule has 0 aromatic heterocycles. The van der Waals surface area contributed by atoms with Crippen LogP contribution in [0.4, 0.5) is 0 Å². The number of hydrogen-bond donors (Lipinski definition) is 1. The van der Waals surface area contributed by atoms with Gasteiger partial charge < -0.3 is 5.11 Å². The average Bonchev–Trinajstić information content (AvgIpc) is 2.61. The normalized spacial score (nSPS) is 11.6. The molecule has 1 N–H and O–H groups in total. The zero-order valence-electron chi connectivity index (χ0n) is 17.2. The minimum absolute atomic E-state index is 0.301. The van der Waals surface area contributed by atoms with Gasteiger partial charge in [0.25, 0.3) is 0 Å². The minimum atomic E-state index is -1.92. The first kappa shape index (κ1) is 21.0. The van der Waals surface area contributed by atoms with Crippen molar-refractivity contribution in [3.63, 3.8) is 0 Å². The van der Waals surface area contributed by atoms with E-state index in [1.54, 1.807) is 0 Å². The summed E-state index contributed by atoms with van der Waals surface area (Å²) < 4.78 is 0. The summed E-state index contributed by atoms with van der Waals surface area (Å²) in [6, 6.07) is 15.3. The number of carbonyl (C=O) groups is 1. The zero-order valence-corrected chi connectivity index (χ0v) is 18.2. The highest BCUT2D eigenvalue weighted by Gasteiger charge is 2.41. The first-order chi connectivity index (χ1) is 12.7. The van der Waals surface area contributed by atoms with Gasteiger partial charge in [0.15, 0.2) is 0 Å². The average molecular weight is 379 g/mol. The molecule has 0 bridgehead atoms. The molecule has 2 nitrogen and oxygen atoms in total. The van der Waals surface area contributed by atoms with E-state index in [0.29, 0.717) is 27.8 Å². The van der Waals surface area contributed by atoms with Gasteiger partial charge in [-0.25, -0.2) is 4.79 Å². The maximum atomic E-state index is 12.1. The third kappa shape index (κ3) is 4.17. The van der Waals surface area contributed by atoms with E-state index in [0.717, 1.165) is 11.1 Å². The van der Waals surface area contributed by atoms with E-state index >= 15 is 0 Å². The van der Waals surface area contributed by atoms with Crippen LogP contribution >= 0.6 is 0 Å². The Kier molecular flexibility index (Phi) is 6.67. The first-order valence-electron chi connectivity index (χ1n) is 9.66. The van der Waals surface area contributed by atoms with Gasteiger partial charge in [-0.15, -0.1) is 5.54 Å². The van der Waals surface area contributed by atoms with Crippen molar-refractivity contribution in [2.75, 3.05) is 0 Å². The SMILES string of the molecule is CC(C)[Si](C#Cc1cccc(-c2ccccc2)c1C(=O)O)(C(C)C)C(C)C. The molecule has 3 heteroatoms. The monoisotopic (exact) mass is 378 g/mol. The van der Waals surface area contributed by atoms with E-state index in [-0.39, 0.29) is 0 Å². The number of aromatic carboxylic acids is 1. The third-order valence-corrected chi connectivity index (χ3v) is 11.9. The molecule has 0 saturated heterocycles. The van der Waals surface area contributed by atoms with Crippen LogP contribution in [0.3, 0.4) is 0 Å². The molecular formula is C24H30O2Si. The fourth-order valence-electron chi connectivity index (χ4n) is 4.35. The highest BCUT2D eigenvalue weighted by atomic mass is 28.3. The molecular weight excluding hydrogens is 348 g/mol. The molecule has 0 saturated carbocycles. The van der Waals surface area contributed by atoms with Gasteiger partial charge in [0, 0.05) is 5.56 Å². The molecule has 0 spiro atoms. The Morgan fingerprint density at radius 3 is 1.89 bits per heavy atom. The van der Waals surface area contributed by atoms with Gasteiger partial charge in [-0.2, -0.15) is 0 Å². The summed E-state index contributed by atoms with van der Waals surface area (Å²) in [7, 11) is -1.92. The number of rotatable bonds is 5. The molecule has 2 aromatic rings. The second kappa shape index (κ2) is 8.58. The van der Waals surface area contributed by atoms with Crippen molar-refractivity contribution in [1.82, 2.24) is 0 Å². The van der Waals surface area contributed by atoms with Crippen LogP contribution in [0.1, 0.15) is 57.5 Å². The Bertz CT molecular complexity index is 833. The van der Waals surface area contributed by atoms with E-state index < -0.39 is 14.0 Å². The number of carboxylic acids is 1. The van der Waals surface area contributed by atoms with Crippen LogP contribution in [0.25, 0.3) is 11.1 Å². The summed E-state index contributed by atoms with van der Waals surface area (Å²) in [4.78, 5) is 12.1. The van der Waals surface area contributed by atoms with Crippen LogP contribution < -0.4 is 0 Å². The van der Waals surface area contributed by atoms with Crippen molar-refractivity contribution in [3.8, 4) is 22.6 Å². The third-order valence-electron chi connectivity index (χ3n) is 5.64. The Balaban J connectivity index is 2.68. The molecule has 0 atom stereocenters. The second-order valence-electron chi connectivity index (χ2n) is 8.05. The van der Waals surface area contributed by atoms with E-state index in [1.165, 1.54) is 0 Å². The maximum Gasteiger partial charge on any atom is 0.337 e. The van der Waals surface area contributed by atoms with Gasteiger partial charge in [0.1, 0.15) is 8.07 Å². The van der Waals surface area contributed by atoms with Crippen LogP contribution in [-0.4, -0.2) is 19.1 Å². The molecule has 0 heterocycles. The van der Waals surface area contributed by atoms with Gasteiger partial charge >= 0.3 is 5.97 Å². The molecule has 0 aliphatic rings. The molecule has 0 radical (unpaired) electrons. The fraction of sp³-hybridized carbons (Fsp3) is 0.375. The van der Waals surface area contributed by atoms with Crippen LogP contribution in [-0.2, 0) is 0 Å². The van der Waals surface area contributed by atoms with E-state index in [9.17, 15) is 9.90 Å². The maximum absolute atomic E-state index is 12.1. The van der Waals surface area contributed by atoms with Crippen LogP contribution in [0, 0.1) is 11.5 Å². The molecule has 2 rings (SSSR count). The standard InChI is InChI=1S/C24H30O2Si/c1-17(2)27(18(3)4,19(5)6)16-15-21-13-10-14-22(23(21)24(25)26)20-11-8-7-9-12-20/h7-14,17-19H,1-6H3,(H,25,26). The van der Waals surface area contributed by atoms with Crippen LogP contribution in [0.15, 0.2) is 48.5 Å². The van der Waals surface area contributed by atoms with Crippen molar-refractivity contribution < 1.29 is 9.90 Å². The Morgan fingerprint density at radius 1 is 0.852 bits per heavy atom. The van der Waals surface area contributed by atoms with Crippen LogP contribution in [0.2, 0.25) is 16.6 Å². The molecule has 142 valence electrons. The molecule has 0 aliphatic carbocycles.